The van der Waals surface area contributed by atoms with Gasteiger partial charge in [-0.25, -0.2) is 0 Å². The van der Waals surface area contributed by atoms with Gasteiger partial charge in [-0.15, -0.1) is 0 Å². The Bertz CT molecular complexity index is 7.51. The Balaban J connectivity index is 0. The predicted molar refractivity (Wildman–Crippen MR) is 5.75 cm³/mol. The van der Waals surface area contributed by atoms with Gasteiger partial charge in [0.25, 0.3) is 0 Å². The average molecular weight is 558 g/mol. The summed E-state index contributed by atoms with van der Waals surface area (Å²) in [6.07, 6.45) is 0. The topological polar surface area (TPSA) is 0 Å². The molecule has 0 aliphatic heterocycles. The van der Waals surface area contributed by atoms with Crippen LogP contribution in [0.1, 0.15) is 0 Å². The second kappa shape index (κ2) is 34.1. The molecule has 0 aromatic carbocycles. The molecule has 0 spiro atoms. The van der Waals surface area contributed by atoms with Crippen LogP contribution in [0.4, 0.5) is 0 Å². The summed E-state index contributed by atoms with van der Waals surface area (Å²) in [4.78, 5) is 0. The van der Waals surface area contributed by atoms with Gasteiger partial charge in [0.15, 0.2) is 0 Å². The Hall–Kier alpha value is 4.45. The van der Waals surface area contributed by atoms with Crippen LogP contribution in [0.2, 0.25) is 0 Å². The minimum absolute atomic E-state index is 0. The van der Waals surface area contributed by atoms with Crippen LogP contribution in [0.25, 0.3) is 0 Å². The molecule has 0 fully saturated rings. The minimum Gasteiger partial charge on any atom is -1.00 e. The van der Waals surface area contributed by atoms with E-state index in [2.05, 4.69) is 0 Å². The third-order valence-corrected chi connectivity index (χ3v) is 0. The molecule has 6 heteroatoms. The standard InChI is InChI=1S/Al.4HI.Na/h;4*1H;/q+3;;;;;+1/p-4. The van der Waals surface area contributed by atoms with Crippen LogP contribution in [0.5, 0.6) is 0 Å². The summed E-state index contributed by atoms with van der Waals surface area (Å²) in [5, 5.41) is 0. The molecule has 0 nitrogen and oxygen atoms in total. The van der Waals surface area contributed by atoms with Crippen LogP contribution >= 0.6 is 0 Å². The molecule has 0 aliphatic carbocycles. The molecule has 0 aliphatic rings. The first-order valence-corrected chi connectivity index (χ1v) is 0. The number of hydrogen-bond donors (Lipinski definition) is 0. The molecule has 0 bridgehead atoms. The number of hydrogen-bond acceptors (Lipinski definition) is 0. The summed E-state index contributed by atoms with van der Waals surface area (Å²) in [5.41, 5.74) is 0. The first kappa shape index (κ1) is 47.1. The van der Waals surface area contributed by atoms with Crippen molar-refractivity contribution < 1.29 is 125 Å². The van der Waals surface area contributed by atoms with Gasteiger partial charge in [0.2, 0.25) is 0 Å². The quantitative estimate of drug-likeness (QED) is 0.205. The van der Waals surface area contributed by atoms with Gasteiger partial charge in [-0.3, -0.25) is 0 Å². The zero-order valence-electron chi connectivity index (χ0n) is 3.09. The van der Waals surface area contributed by atoms with Crippen molar-refractivity contribution in [1.29, 1.82) is 0 Å². The van der Waals surface area contributed by atoms with E-state index in [1.54, 1.807) is 0 Å². The van der Waals surface area contributed by atoms with Gasteiger partial charge < -0.3 is 95.9 Å². The van der Waals surface area contributed by atoms with E-state index in [1.165, 1.54) is 0 Å². The second-order valence-electron chi connectivity index (χ2n) is 0. The smallest absolute Gasteiger partial charge is 1.00 e. The maximum atomic E-state index is 0. The maximum Gasteiger partial charge on any atom is 3.00 e. The van der Waals surface area contributed by atoms with Gasteiger partial charge in [-0.1, -0.05) is 0 Å². The fourth-order valence-electron chi connectivity index (χ4n) is 0. The molecule has 32 valence electrons. The van der Waals surface area contributed by atoms with Crippen molar-refractivity contribution in [3.63, 3.8) is 0 Å². The minimum atomic E-state index is 0. The summed E-state index contributed by atoms with van der Waals surface area (Å²) in [5.74, 6) is 0. The zero-order chi connectivity index (χ0) is 0. The normalized spacial score (nSPS) is 0. The molecule has 0 heterocycles. The Kier molecular flexibility index (Phi) is 267. The van der Waals surface area contributed by atoms with E-state index >= 15 is 0 Å². The Morgan fingerprint density at radius 2 is 0.500 bits per heavy atom. The maximum absolute atomic E-state index is 0. The van der Waals surface area contributed by atoms with Crippen LogP contribution < -0.4 is 125 Å². The Morgan fingerprint density at radius 3 is 0.500 bits per heavy atom. The molecule has 0 saturated carbocycles. The van der Waals surface area contributed by atoms with Crippen molar-refractivity contribution in [1.82, 2.24) is 0 Å². The average Bonchev–Trinajstić information content (AvgIpc) is 0. The first-order chi connectivity index (χ1) is 0. The number of halogens is 4. The van der Waals surface area contributed by atoms with Gasteiger partial charge in [-0.2, -0.15) is 0 Å². The molecular weight excluding hydrogens is 558 g/mol. The van der Waals surface area contributed by atoms with Crippen LogP contribution in [-0.2, 0) is 0 Å². The van der Waals surface area contributed by atoms with Gasteiger partial charge in [-0.05, 0) is 0 Å². The van der Waals surface area contributed by atoms with E-state index in [0.717, 1.165) is 0 Å². The zero-order valence-corrected chi connectivity index (χ0v) is 14.9. The molecule has 0 saturated heterocycles. The van der Waals surface area contributed by atoms with E-state index < -0.39 is 0 Å². The molecule has 0 aromatic rings. The molecule has 0 atom stereocenters. The summed E-state index contributed by atoms with van der Waals surface area (Å²) in [6.45, 7) is 0. The van der Waals surface area contributed by atoms with Crippen LogP contribution in [0.3, 0.4) is 0 Å². The molecule has 6 heavy (non-hydrogen) atoms. The van der Waals surface area contributed by atoms with Crippen molar-refractivity contribution in [3.05, 3.63) is 0 Å². The Morgan fingerprint density at radius 1 is 0.500 bits per heavy atom. The van der Waals surface area contributed by atoms with Crippen molar-refractivity contribution in [3.8, 4) is 0 Å². The summed E-state index contributed by atoms with van der Waals surface area (Å²) < 4.78 is 0. The molecule has 0 amide bonds. The first-order valence-electron chi connectivity index (χ1n) is 0. The monoisotopic (exact) mass is 558 g/mol. The summed E-state index contributed by atoms with van der Waals surface area (Å²) >= 11 is 0. The largest absolute Gasteiger partial charge is 3.00 e. The van der Waals surface area contributed by atoms with E-state index in [0.29, 0.717) is 0 Å². The van der Waals surface area contributed by atoms with Gasteiger partial charge in [0.1, 0.15) is 0 Å². The van der Waals surface area contributed by atoms with E-state index in [-0.39, 0.29) is 143 Å². The van der Waals surface area contributed by atoms with E-state index in [4.69, 9.17) is 0 Å². The van der Waals surface area contributed by atoms with Crippen molar-refractivity contribution in [2.45, 2.75) is 0 Å². The van der Waals surface area contributed by atoms with Crippen LogP contribution in [-0.4, -0.2) is 17.4 Å². The van der Waals surface area contributed by atoms with E-state index in [9.17, 15) is 0 Å². The van der Waals surface area contributed by atoms with Crippen molar-refractivity contribution >= 4 is 17.4 Å². The van der Waals surface area contributed by atoms with Crippen molar-refractivity contribution in [2.75, 3.05) is 0 Å². The number of rotatable bonds is 0. The second-order valence-corrected chi connectivity index (χ2v) is 0. The molecule has 0 aromatic heterocycles. The van der Waals surface area contributed by atoms with Gasteiger partial charge >= 0.3 is 46.9 Å². The molecular formula is AlI4Na. The third-order valence-electron chi connectivity index (χ3n) is 0. The molecule has 0 radical (unpaired) electrons. The van der Waals surface area contributed by atoms with E-state index in [1.807, 2.05) is 0 Å². The fourth-order valence-corrected chi connectivity index (χ4v) is 0. The molecule has 0 unspecified atom stereocenters. The predicted octanol–water partition coefficient (Wildman–Crippen LogP) is -15.4. The fraction of sp³-hybridized carbons (Fsp3) is 0. The Labute approximate surface area is 139 Å². The summed E-state index contributed by atoms with van der Waals surface area (Å²) in [6, 6.07) is 0. The van der Waals surface area contributed by atoms with Gasteiger partial charge in [0, 0.05) is 0 Å². The van der Waals surface area contributed by atoms with Gasteiger partial charge in [0.05, 0.1) is 0 Å². The van der Waals surface area contributed by atoms with Crippen molar-refractivity contribution in [2.24, 2.45) is 0 Å². The summed E-state index contributed by atoms with van der Waals surface area (Å²) in [7, 11) is 0. The van der Waals surface area contributed by atoms with Crippen LogP contribution in [0, 0.1) is 0 Å². The third kappa shape index (κ3) is 23.7. The SMILES string of the molecule is [Al+3].[I-].[I-].[I-].[I-].[Na+]. The molecule has 0 N–H and O–H groups in total. The van der Waals surface area contributed by atoms with Crippen LogP contribution in [0.15, 0.2) is 0 Å². The molecule has 0 rings (SSSR count).